The van der Waals surface area contributed by atoms with E-state index in [4.69, 9.17) is 0 Å². The maximum Gasteiger partial charge on any atom is 0.309 e. The summed E-state index contributed by atoms with van der Waals surface area (Å²) in [5.41, 5.74) is 1.16. The van der Waals surface area contributed by atoms with Crippen molar-refractivity contribution in [1.82, 2.24) is 10.6 Å². The van der Waals surface area contributed by atoms with Gasteiger partial charge in [0.05, 0.1) is 4.90 Å². The van der Waals surface area contributed by atoms with Crippen LogP contribution in [0.5, 0.6) is 0 Å². The lowest BCUT2D eigenvalue weighted by Crippen LogP contribution is -2.42. The van der Waals surface area contributed by atoms with Gasteiger partial charge in [-0.2, -0.15) is 0 Å². The molecule has 0 aliphatic heterocycles. The average molecular weight is 461 g/mol. The van der Waals surface area contributed by atoms with Crippen LogP contribution in [-0.4, -0.2) is 26.8 Å². The molecule has 6 nitrogen and oxygen atoms in total. The summed E-state index contributed by atoms with van der Waals surface area (Å²) in [4.78, 5) is 25.0. The van der Waals surface area contributed by atoms with Gasteiger partial charge in [0.2, 0.25) is 0 Å². The van der Waals surface area contributed by atoms with Gasteiger partial charge in [-0.05, 0) is 36.6 Å². The number of carbonyl (C=O) groups excluding carboxylic acids is 2. The van der Waals surface area contributed by atoms with Crippen molar-refractivity contribution in [2.24, 2.45) is 0 Å². The molecule has 162 valence electrons. The SMILES string of the molecule is Cc1ccc(S(=O)(=O)[C@H](CNC(=O)C(=O)NCc2ccccc2F)c2cccs2)cc1. The first kappa shape index (κ1) is 22.6. The van der Waals surface area contributed by atoms with Crippen LogP contribution in [0.3, 0.4) is 0 Å². The number of nitrogens with one attached hydrogen (secondary N) is 2. The molecule has 0 aliphatic rings. The quantitative estimate of drug-likeness (QED) is 0.530. The lowest BCUT2D eigenvalue weighted by Gasteiger charge is -2.17. The highest BCUT2D eigenvalue weighted by atomic mass is 32.2. The van der Waals surface area contributed by atoms with Gasteiger partial charge < -0.3 is 10.6 Å². The van der Waals surface area contributed by atoms with Crippen molar-refractivity contribution < 1.29 is 22.4 Å². The van der Waals surface area contributed by atoms with E-state index in [1.54, 1.807) is 35.7 Å². The summed E-state index contributed by atoms with van der Waals surface area (Å²) in [6, 6.07) is 15.7. The number of sulfone groups is 1. The minimum atomic E-state index is -3.81. The van der Waals surface area contributed by atoms with Crippen molar-refractivity contribution in [3.8, 4) is 0 Å². The molecule has 31 heavy (non-hydrogen) atoms. The lowest BCUT2D eigenvalue weighted by molar-refractivity contribution is -0.139. The van der Waals surface area contributed by atoms with E-state index in [0.29, 0.717) is 4.88 Å². The zero-order valence-corrected chi connectivity index (χ0v) is 18.3. The van der Waals surface area contributed by atoms with Crippen molar-refractivity contribution in [3.05, 3.63) is 87.9 Å². The van der Waals surface area contributed by atoms with Crippen LogP contribution in [0.25, 0.3) is 0 Å². The van der Waals surface area contributed by atoms with Gasteiger partial charge in [-0.3, -0.25) is 9.59 Å². The number of thiophene rings is 1. The first-order valence-corrected chi connectivity index (χ1v) is 11.8. The maximum atomic E-state index is 13.7. The van der Waals surface area contributed by atoms with Crippen LogP contribution in [0.2, 0.25) is 0 Å². The molecule has 2 amide bonds. The van der Waals surface area contributed by atoms with Gasteiger partial charge in [0.25, 0.3) is 0 Å². The first-order chi connectivity index (χ1) is 14.8. The topological polar surface area (TPSA) is 92.3 Å². The molecule has 0 radical (unpaired) electrons. The van der Waals surface area contributed by atoms with Gasteiger partial charge in [-0.1, -0.05) is 42.0 Å². The molecule has 0 fully saturated rings. The van der Waals surface area contributed by atoms with Crippen molar-refractivity contribution in [1.29, 1.82) is 0 Å². The van der Waals surface area contributed by atoms with E-state index < -0.39 is 32.7 Å². The Labute approximate surface area is 184 Å². The van der Waals surface area contributed by atoms with E-state index in [0.717, 1.165) is 5.56 Å². The zero-order valence-electron chi connectivity index (χ0n) is 16.7. The van der Waals surface area contributed by atoms with Gasteiger partial charge in [0, 0.05) is 23.5 Å². The Morgan fingerprint density at radius 1 is 0.968 bits per heavy atom. The second kappa shape index (κ2) is 9.84. The van der Waals surface area contributed by atoms with E-state index in [2.05, 4.69) is 10.6 Å². The summed E-state index contributed by atoms with van der Waals surface area (Å²) in [6.07, 6.45) is 0. The number of halogens is 1. The molecule has 0 bridgehead atoms. The standard InChI is InChI=1S/C22H21FN2O4S2/c1-15-8-10-17(11-9-15)31(28,29)20(19-7-4-12-30-19)14-25-22(27)21(26)24-13-16-5-2-3-6-18(16)23/h2-12,20H,13-14H2,1H3,(H,24,26)(H,25,27)/t20-/m1/s1. The molecule has 0 unspecified atom stereocenters. The maximum absolute atomic E-state index is 13.7. The third kappa shape index (κ3) is 5.56. The molecule has 3 rings (SSSR count). The summed E-state index contributed by atoms with van der Waals surface area (Å²) in [5.74, 6) is -2.46. The van der Waals surface area contributed by atoms with E-state index in [1.807, 2.05) is 6.92 Å². The van der Waals surface area contributed by atoms with Gasteiger partial charge in [0.15, 0.2) is 9.84 Å². The predicted octanol–water partition coefficient (Wildman–Crippen LogP) is 3.14. The van der Waals surface area contributed by atoms with Crippen molar-refractivity contribution in [3.63, 3.8) is 0 Å². The number of hydrogen-bond donors (Lipinski definition) is 2. The van der Waals surface area contributed by atoms with Gasteiger partial charge in [-0.15, -0.1) is 11.3 Å². The number of amides is 2. The molecular weight excluding hydrogens is 439 g/mol. The number of benzene rings is 2. The van der Waals surface area contributed by atoms with Crippen LogP contribution < -0.4 is 10.6 Å². The Morgan fingerprint density at radius 3 is 2.29 bits per heavy atom. The monoisotopic (exact) mass is 460 g/mol. The van der Waals surface area contributed by atoms with Crippen LogP contribution in [0.4, 0.5) is 4.39 Å². The highest BCUT2D eigenvalue weighted by Gasteiger charge is 2.31. The fourth-order valence-electron chi connectivity index (χ4n) is 2.89. The van der Waals surface area contributed by atoms with E-state index in [1.165, 1.54) is 41.7 Å². The number of hydrogen-bond acceptors (Lipinski definition) is 5. The number of rotatable bonds is 7. The molecule has 2 N–H and O–H groups in total. The molecule has 1 heterocycles. The smallest absolute Gasteiger partial charge is 0.309 e. The third-order valence-electron chi connectivity index (χ3n) is 4.64. The van der Waals surface area contributed by atoms with Crippen molar-refractivity contribution >= 4 is 33.0 Å². The second-order valence-electron chi connectivity index (χ2n) is 6.85. The Bertz CT molecular complexity index is 1160. The molecule has 3 aromatic rings. The second-order valence-corrected chi connectivity index (χ2v) is 9.96. The molecule has 2 aromatic carbocycles. The minimum Gasteiger partial charge on any atom is -0.346 e. The normalized spacial score (nSPS) is 12.2. The Kier molecular flexibility index (Phi) is 7.19. The molecule has 1 aromatic heterocycles. The zero-order chi connectivity index (χ0) is 22.4. The van der Waals surface area contributed by atoms with Gasteiger partial charge >= 0.3 is 11.8 Å². The van der Waals surface area contributed by atoms with Crippen LogP contribution in [0.15, 0.2) is 70.9 Å². The molecule has 9 heteroatoms. The van der Waals surface area contributed by atoms with Crippen LogP contribution >= 0.6 is 11.3 Å². The van der Waals surface area contributed by atoms with Crippen LogP contribution in [-0.2, 0) is 26.0 Å². The molecule has 0 saturated heterocycles. The summed E-state index contributed by atoms with van der Waals surface area (Å²) in [6.45, 7) is 1.42. The lowest BCUT2D eigenvalue weighted by atomic mass is 10.2. The van der Waals surface area contributed by atoms with E-state index >= 15 is 0 Å². The summed E-state index contributed by atoms with van der Waals surface area (Å²) in [5, 5.41) is 5.43. The first-order valence-electron chi connectivity index (χ1n) is 9.42. The molecule has 0 saturated carbocycles. The molecule has 1 atom stereocenters. The van der Waals surface area contributed by atoms with Crippen LogP contribution in [0, 0.1) is 12.7 Å². The molecular formula is C22H21FN2O4S2. The highest BCUT2D eigenvalue weighted by molar-refractivity contribution is 7.91. The molecule has 0 aliphatic carbocycles. The number of aryl methyl sites for hydroxylation is 1. The van der Waals surface area contributed by atoms with E-state index in [9.17, 15) is 22.4 Å². The minimum absolute atomic E-state index is 0.134. The highest BCUT2D eigenvalue weighted by Crippen LogP contribution is 2.31. The van der Waals surface area contributed by atoms with Crippen molar-refractivity contribution in [2.45, 2.75) is 23.6 Å². The summed E-state index contributed by atoms with van der Waals surface area (Å²) in [7, 11) is -3.81. The predicted molar refractivity (Wildman–Crippen MR) is 117 cm³/mol. The average Bonchev–Trinajstić information content (AvgIpc) is 3.27. The number of carbonyl (C=O) groups is 2. The largest absolute Gasteiger partial charge is 0.346 e. The van der Waals surface area contributed by atoms with Crippen LogP contribution in [0.1, 0.15) is 21.3 Å². The third-order valence-corrected chi connectivity index (χ3v) is 7.87. The Morgan fingerprint density at radius 2 is 1.65 bits per heavy atom. The Balaban J connectivity index is 1.69. The summed E-state index contributed by atoms with van der Waals surface area (Å²) >= 11 is 1.25. The fraction of sp³-hybridized carbons (Fsp3) is 0.182. The Hall–Kier alpha value is -3.04. The summed E-state index contributed by atoms with van der Waals surface area (Å²) < 4.78 is 40.0. The van der Waals surface area contributed by atoms with Gasteiger partial charge in [0.1, 0.15) is 11.1 Å². The van der Waals surface area contributed by atoms with Crippen molar-refractivity contribution in [2.75, 3.05) is 6.54 Å². The molecule has 0 spiro atoms. The van der Waals surface area contributed by atoms with E-state index in [-0.39, 0.29) is 23.5 Å². The fourth-order valence-corrected chi connectivity index (χ4v) is 5.68. The van der Waals surface area contributed by atoms with Gasteiger partial charge in [-0.25, -0.2) is 12.8 Å².